The van der Waals surface area contributed by atoms with Crippen LogP contribution >= 0.6 is 0 Å². The minimum Gasteiger partial charge on any atom is -0.490 e. The van der Waals surface area contributed by atoms with Crippen molar-refractivity contribution in [2.24, 2.45) is 5.92 Å². The molecule has 3 nitrogen and oxygen atoms in total. The summed E-state index contributed by atoms with van der Waals surface area (Å²) in [6.07, 6.45) is 4.38. The van der Waals surface area contributed by atoms with Crippen LogP contribution in [0.2, 0.25) is 0 Å². The zero-order valence-corrected chi connectivity index (χ0v) is 8.91. The molecule has 0 saturated carbocycles. The number of carbonyl (C=O) groups excluding carboxylic acids is 1. The van der Waals surface area contributed by atoms with Crippen molar-refractivity contribution in [3.63, 3.8) is 0 Å². The maximum atomic E-state index is 11.6. The highest BCUT2D eigenvalue weighted by Crippen LogP contribution is 2.15. The van der Waals surface area contributed by atoms with E-state index >= 15 is 0 Å². The number of ether oxygens (including phenoxy) is 2. The Morgan fingerprint density at radius 2 is 2.50 bits per heavy atom. The molecule has 80 valence electrons. The van der Waals surface area contributed by atoms with Gasteiger partial charge in [0.15, 0.2) is 11.5 Å². The van der Waals surface area contributed by atoms with Crippen molar-refractivity contribution < 1.29 is 14.3 Å². The molecule has 0 bridgehead atoms. The molecule has 0 fully saturated rings. The lowest BCUT2D eigenvalue weighted by atomic mass is 10.0. The van der Waals surface area contributed by atoms with Crippen molar-refractivity contribution >= 4 is 5.78 Å². The summed E-state index contributed by atoms with van der Waals surface area (Å²) in [6.45, 7) is 3.31. The Hall–Kier alpha value is -0.830. The second kappa shape index (κ2) is 5.81. The van der Waals surface area contributed by atoms with Gasteiger partial charge in [0, 0.05) is 20.1 Å². The van der Waals surface area contributed by atoms with Gasteiger partial charge in [-0.1, -0.05) is 6.92 Å². The number of hydrogen-bond donors (Lipinski definition) is 0. The van der Waals surface area contributed by atoms with E-state index in [2.05, 4.69) is 0 Å². The fourth-order valence-corrected chi connectivity index (χ4v) is 1.51. The van der Waals surface area contributed by atoms with Gasteiger partial charge in [-0.3, -0.25) is 4.79 Å². The van der Waals surface area contributed by atoms with Crippen LogP contribution in [-0.4, -0.2) is 26.1 Å². The zero-order valence-electron chi connectivity index (χ0n) is 8.91. The van der Waals surface area contributed by atoms with Gasteiger partial charge in [0.1, 0.15) is 0 Å². The summed E-state index contributed by atoms with van der Waals surface area (Å²) in [5, 5.41) is 0. The van der Waals surface area contributed by atoms with Crippen molar-refractivity contribution in [3.05, 3.63) is 11.8 Å². The molecule has 0 aromatic rings. The fraction of sp³-hybridized carbons (Fsp3) is 0.727. The number of methoxy groups -OCH3 is 1. The molecule has 1 heterocycles. The lowest BCUT2D eigenvalue weighted by Crippen LogP contribution is -2.16. The molecule has 0 aromatic carbocycles. The number of Topliss-reactive ketones (excluding diaryl/α,β-unsaturated/α-hetero) is 1. The standard InChI is InChI=1S/C11H18O3/c1-9(8-13-2)7-10(12)11-5-3-4-6-14-11/h5,9H,3-4,6-8H2,1-2H3. The van der Waals surface area contributed by atoms with Gasteiger partial charge in [0.2, 0.25) is 0 Å². The maximum Gasteiger partial charge on any atom is 0.197 e. The predicted octanol–water partition coefficient (Wildman–Crippen LogP) is 1.92. The van der Waals surface area contributed by atoms with Gasteiger partial charge < -0.3 is 9.47 Å². The average molecular weight is 198 g/mol. The monoisotopic (exact) mass is 198 g/mol. The molecule has 0 aromatic heterocycles. The van der Waals surface area contributed by atoms with Crippen LogP contribution in [0.3, 0.4) is 0 Å². The Morgan fingerprint density at radius 3 is 3.07 bits per heavy atom. The summed E-state index contributed by atoms with van der Waals surface area (Å²) >= 11 is 0. The summed E-state index contributed by atoms with van der Waals surface area (Å²) < 4.78 is 10.3. The molecule has 0 amide bonds. The maximum absolute atomic E-state index is 11.6. The van der Waals surface area contributed by atoms with Gasteiger partial charge in [-0.2, -0.15) is 0 Å². The Morgan fingerprint density at radius 1 is 1.71 bits per heavy atom. The third kappa shape index (κ3) is 3.50. The topological polar surface area (TPSA) is 35.5 Å². The third-order valence-electron chi connectivity index (χ3n) is 2.20. The molecular weight excluding hydrogens is 180 g/mol. The highest BCUT2D eigenvalue weighted by Gasteiger charge is 2.16. The van der Waals surface area contributed by atoms with Crippen molar-refractivity contribution in [1.29, 1.82) is 0 Å². The van der Waals surface area contributed by atoms with Crippen LogP contribution in [0, 0.1) is 5.92 Å². The first-order valence-electron chi connectivity index (χ1n) is 5.09. The van der Waals surface area contributed by atoms with Crippen molar-refractivity contribution in [1.82, 2.24) is 0 Å². The summed E-state index contributed by atoms with van der Waals surface area (Å²) in [6, 6.07) is 0. The average Bonchev–Trinajstić information content (AvgIpc) is 2.19. The molecule has 0 aliphatic carbocycles. The van der Waals surface area contributed by atoms with E-state index in [1.165, 1.54) is 0 Å². The lowest BCUT2D eigenvalue weighted by Gasteiger charge is -2.15. The minimum absolute atomic E-state index is 0.106. The van der Waals surface area contributed by atoms with Crippen molar-refractivity contribution in [3.8, 4) is 0 Å². The van der Waals surface area contributed by atoms with E-state index in [9.17, 15) is 4.79 Å². The molecule has 1 aliphatic heterocycles. The van der Waals surface area contributed by atoms with E-state index in [0.717, 1.165) is 12.8 Å². The molecule has 1 atom stereocenters. The third-order valence-corrected chi connectivity index (χ3v) is 2.20. The van der Waals surface area contributed by atoms with Gasteiger partial charge in [0.25, 0.3) is 0 Å². The van der Waals surface area contributed by atoms with Gasteiger partial charge in [-0.05, 0) is 24.8 Å². The molecule has 1 unspecified atom stereocenters. The largest absolute Gasteiger partial charge is 0.490 e. The van der Waals surface area contributed by atoms with E-state index in [4.69, 9.17) is 9.47 Å². The first-order chi connectivity index (χ1) is 6.74. The van der Waals surface area contributed by atoms with Gasteiger partial charge >= 0.3 is 0 Å². The number of allylic oxidation sites excluding steroid dienone is 2. The molecule has 0 saturated heterocycles. The Bertz CT molecular complexity index is 221. The zero-order chi connectivity index (χ0) is 10.4. The lowest BCUT2D eigenvalue weighted by molar-refractivity contribution is -0.120. The number of rotatable bonds is 5. The van der Waals surface area contributed by atoms with Crippen LogP contribution in [0.5, 0.6) is 0 Å². The molecule has 0 N–H and O–H groups in total. The summed E-state index contributed by atoms with van der Waals surface area (Å²) in [7, 11) is 1.65. The first-order valence-corrected chi connectivity index (χ1v) is 5.09. The van der Waals surface area contributed by atoms with Crippen molar-refractivity contribution in [2.75, 3.05) is 20.3 Å². The molecule has 14 heavy (non-hydrogen) atoms. The molecule has 0 radical (unpaired) electrons. The van der Waals surface area contributed by atoms with Gasteiger partial charge in [-0.15, -0.1) is 0 Å². The molecule has 1 rings (SSSR count). The number of ketones is 1. The second-order valence-electron chi connectivity index (χ2n) is 3.75. The highest BCUT2D eigenvalue weighted by atomic mass is 16.5. The van der Waals surface area contributed by atoms with E-state index in [0.29, 0.717) is 25.4 Å². The van der Waals surface area contributed by atoms with Gasteiger partial charge in [0.05, 0.1) is 6.61 Å². The van der Waals surface area contributed by atoms with Crippen LogP contribution in [-0.2, 0) is 14.3 Å². The summed E-state index contributed by atoms with van der Waals surface area (Å²) in [5.74, 6) is 0.923. The van der Waals surface area contributed by atoms with Crippen LogP contribution in [0.25, 0.3) is 0 Å². The first kappa shape index (κ1) is 11.2. The second-order valence-corrected chi connectivity index (χ2v) is 3.75. The highest BCUT2D eigenvalue weighted by molar-refractivity contribution is 5.93. The Kier molecular flexibility index (Phi) is 4.66. The van der Waals surface area contributed by atoms with E-state index in [-0.39, 0.29) is 11.7 Å². The number of carbonyl (C=O) groups is 1. The molecule has 3 heteroatoms. The molecule has 0 spiro atoms. The van der Waals surface area contributed by atoms with E-state index in [1.54, 1.807) is 7.11 Å². The van der Waals surface area contributed by atoms with Crippen LogP contribution < -0.4 is 0 Å². The summed E-state index contributed by atoms with van der Waals surface area (Å²) in [4.78, 5) is 11.6. The molecular formula is C11H18O3. The fourth-order valence-electron chi connectivity index (χ4n) is 1.51. The number of hydrogen-bond acceptors (Lipinski definition) is 3. The molecule has 1 aliphatic rings. The van der Waals surface area contributed by atoms with Gasteiger partial charge in [-0.25, -0.2) is 0 Å². The Balaban J connectivity index is 2.37. The van der Waals surface area contributed by atoms with Crippen LogP contribution in [0.4, 0.5) is 0 Å². The summed E-state index contributed by atoms with van der Waals surface area (Å²) in [5.41, 5.74) is 0. The smallest absolute Gasteiger partial charge is 0.197 e. The normalized spacial score (nSPS) is 18.3. The van der Waals surface area contributed by atoms with Crippen molar-refractivity contribution in [2.45, 2.75) is 26.2 Å². The van der Waals surface area contributed by atoms with Crippen LogP contribution in [0.1, 0.15) is 26.2 Å². The van der Waals surface area contributed by atoms with E-state index in [1.807, 2.05) is 13.0 Å². The predicted molar refractivity (Wildman–Crippen MR) is 53.9 cm³/mol. The van der Waals surface area contributed by atoms with E-state index < -0.39 is 0 Å². The SMILES string of the molecule is COCC(C)CC(=O)C1=CCCCO1. The Labute approximate surface area is 85.1 Å². The van der Waals surface area contributed by atoms with Crippen LogP contribution in [0.15, 0.2) is 11.8 Å². The minimum atomic E-state index is 0.106. The quantitative estimate of drug-likeness (QED) is 0.677.